The van der Waals surface area contributed by atoms with Gasteiger partial charge in [-0.25, -0.2) is 9.97 Å². The van der Waals surface area contributed by atoms with Crippen LogP contribution in [0.2, 0.25) is 15.1 Å². The Morgan fingerprint density at radius 2 is 1.66 bits per heavy atom. The number of carbonyl (C=O) groups excluding carboxylic acids is 1. The summed E-state index contributed by atoms with van der Waals surface area (Å²) in [6.45, 7) is 0. The van der Waals surface area contributed by atoms with E-state index in [1.54, 1.807) is 18.2 Å². The molecular formula is C17H11Cl3N6O3. The number of nitro groups is 1. The highest BCUT2D eigenvalue weighted by Gasteiger charge is 2.24. The quantitative estimate of drug-likeness (QED) is 0.360. The number of carbonyl (C=O) groups is 1. The molecule has 0 aliphatic carbocycles. The van der Waals surface area contributed by atoms with Gasteiger partial charge in [-0.05, 0) is 30.3 Å². The topological polar surface area (TPSA) is 122 Å². The van der Waals surface area contributed by atoms with Crippen LogP contribution in [0.3, 0.4) is 0 Å². The van der Waals surface area contributed by atoms with Gasteiger partial charge in [-0.1, -0.05) is 46.9 Å². The fraction of sp³-hybridized carbons (Fsp3) is 0. The average molecular weight is 454 g/mol. The van der Waals surface area contributed by atoms with Gasteiger partial charge < -0.3 is 5.32 Å². The number of rotatable bonds is 6. The van der Waals surface area contributed by atoms with E-state index in [2.05, 4.69) is 26.1 Å². The molecule has 0 spiro atoms. The maximum Gasteiger partial charge on any atom is 0.355 e. The van der Waals surface area contributed by atoms with Crippen LogP contribution < -0.4 is 16.2 Å². The summed E-state index contributed by atoms with van der Waals surface area (Å²) in [7, 11) is 0. The number of nitrogens with one attached hydrogen (secondary N) is 3. The van der Waals surface area contributed by atoms with Crippen molar-refractivity contribution in [1.29, 1.82) is 0 Å². The summed E-state index contributed by atoms with van der Waals surface area (Å²) >= 11 is 17.9. The lowest BCUT2D eigenvalue weighted by Gasteiger charge is -2.11. The predicted octanol–water partition coefficient (Wildman–Crippen LogP) is 4.85. The van der Waals surface area contributed by atoms with Gasteiger partial charge in [-0.3, -0.25) is 25.8 Å². The molecule has 0 saturated carbocycles. The molecule has 148 valence electrons. The first-order valence-electron chi connectivity index (χ1n) is 7.88. The van der Waals surface area contributed by atoms with Crippen LogP contribution in [0.1, 0.15) is 10.4 Å². The van der Waals surface area contributed by atoms with Crippen LogP contribution in [0.5, 0.6) is 0 Å². The Labute approximate surface area is 179 Å². The van der Waals surface area contributed by atoms with E-state index in [1.165, 1.54) is 24.3 Å². The maximum absolute atomic E-state index is 12.3. The van der Waals surface area contributed by atoms with E-state index in [0.29, 0.717) is 15.7 Å². The van der Waals surface area contributed by atoms with Crippen LogP contribution in [0.15, 0.2) is 48.8 Å². The Morgan fingerprint density at radius 3 is 2.31 bits per heavy atom. The smallest absolute Gasteiger partial charge is 0.334 e. The molecule has 0 aliphatic rings. The van der Waals surface area contributed by atoms with Gasteiger partial charge in [0.1, 0.15) is 6.33 Å². The molecule has 3 rings (SSSR count). The highest BCUT2D eigenvalue weighted by Crippen LogP contribution is 2.32. The fourth-order valence-electron chi connectivity index (χ4n) is 2.33. The first-order chi connectivity index (χ1) is 13.8. The molecule has 1 heterocycles. The van der Waals surface area contributed by atoms with E-state index in [0.717, 1.165) is 6.33 Å². The fourth-order valence-corrected chi connectivity index (χ4v) is 3.07. The Kier molecular flexibility index (Phi) is 6.32. The molecule has 3 aromatic rings. The number of hydrogen-bond donors (Lipinski definition) is 3. The highest BCUT2D eigenvalue weighted by atomic mass is 35.5. The van der Waals surface area contributed by atoms with Crippen molar-refractivity contribution in [1.82, 2.24) is 15.4 Å². The molecule has 1 amide bonds. The maximum atomic E-state index is 12.3. The van der Waals surface area contributed by atoms with E-state index in [1.807, 2.05) is 0 Å². The highest BCUT2D eigenvalue weighted by molar-refractivity contribution is 6.35. The van der Waals surface area contributed by atoms with Gasteiger partial charge in [0.2, 0.25) is 11.6 Å². The number of anilines is 3. The second-order valence-corrected chi connectivity index (χ2v) is 6.80. The first kappa shape index (κ1) is 20.6. The van der Waals surface area contributed by atoms with Crippen molar-refractivity contribution in [3.63, 3.8) is 0 Å². The molecule has 0 atom stereocenters. The van der Waals surface area contributed by atoms with Crippen molar-refractivity contribution in [2.24, 2.45) is 0 Å². The lowest BCUT2D eigenvalue weighted by molar-refractivity contribution is -0.383. The van der Waals surface area contributed by atoms with Gasteiger partial charge in [-0.15, -0.1) is 0 Å². The van der Waals surface area contributed by atoms with Crippen LogP contribution >= 0.6 is 34.8 Å². The van der Waals surface area contributed by atoms with Crippen molar-refractivity contribution >= 4 is 63.7 Å². The van der Waals surface area contributed by atoms with E-state index in [4.69, 9.17) is 34.8 Å². The van der Waals surface area contributed by atoms with Gasteiger partial charge in [0.25, 0.3) is 5.91 Å². The van der Waals surface area contributed by atoms with Crippen molar-refractivity contribution in [2.45, 2.75) is 0 Å². The second kappa shape index (κ2) is 8.91. The normalized spacial score (nSPS) is 10.3. The molecule has 0 fully saturated rings. The lowest BCUT2D eigenvalue weighted by Crippen LogP contribution is -2.30. The summed E-state index contributed by atoms with van der Waals surface area (Å²) < 4.78 is 0. The average Bonchev–Trinajstić information content (AvgIpc) is 2.65. The third-order valence-corrected chi connectivity index (χ3v) is 4.31. The summed E-state index contributed by atoms with van der Waals surface area (Å²) in [5.74, 6) is -0.960. The minimum Gasteiger partial charge on any atom is -0.334 e. The molecule has 0 saturated heterocycles. The molecule has 9 nitrogen and oxygen atoms in total. The number of benzene rings is 2. The van der Waals surface area contributed by atoms with Gasteiger partial charge in [0.15, 0.2) is 0 Å². The molecule has 0 unspecified atom stereocenters. The third-order valence-electron chi connectivity index (χ3n) is 3.54. The predicted molar refractivity (Wildman–Crippen MR) is 111 cm³/mol. The number of hydrogen-bond acceptors (Lipinski definition) is 7. The van der Waals surface area contributed by atoms with Gasteiger partial charge in [0.05, 0.1) is 15.5 Å². The van der Waals surface area contributed by atoms with Crippen molar-refractivity contribution < 1.29 is 9.72 Å². The number of amides is 1. The molecule has 29 heavy (non-hydrogen) atoms. The monoisotopic (exact) mass is 452 g/mol. The number of halogens is 3. The summed E-state index contributed by atoms with van der Waals surface area (Å²) in [5.41, 5.74) is 4.82. The zero-order chi connectivity index (χ0) is 21.0. The van der Waals surface area contributed by atoms with E-state index in [-0.39, 0.29) is 22.2 Å². The van der Waals surface area contributed by atoms with Gasteiger partial charge in [-0.2, -0.15) is 0 Å². The van der Waals surface area contributed by atoms with Crippen LogP contribution in [0, 0.1) is 10.1 Å². The SMILES string of the molecule is O=C(NNc1ncnc(Nc2cc(Cl)cc(Cl)c2)c1[N+](=O)[O-])c1ccccc1Cl. The van der Waals surface area contributed by atoms with E-state index in [9.17, 15) is 14.9 Å². The minimum absolute atomic E-state index is 0.127. The zero-order valence-electron chi connectivity index (χ0n) is 14.3. The Bertz CT molecular complexity index is 1080. The molecular weight excluding hydrogens is 443 g/mol. The molecule has 0 bridgehead atoms. The summed E-state index contributed by atoms with van der Waals surface area (Å²) in [6, 6.07) is 10.9. The standard InChI is InChI=1S/C17H11Cl3N6O3/c18-9-5-10(19)7-11(6-9)23-15-14(26(28)29)16(22-8-21-15)24-25-17(27)12-3-1-2-4-13(12)20/h1-8H,(H,25,27)(H2,21,22,23,24). The summed E-state index contributed by atoms with van der Waals surface area (Å²) in [4.78, 5) is 30.9. The van der Waals surface area contributed by atoms with Crippen LogP contribution in [-0.4, -0.2) is 20.8 Å². The van der Waals surface area contributed by atoms with Crippen molar-refractivity contribution in [3.05, 3.63) is 79.5 Å². The van der Waals surface area contributed by atoms with E-state index >= 15 is 0 Å². The van der Waals surface area contributed by atoms with Crippen LogP contribution in [0.4, 0.5) is 23.0 Å². The molecule has 2 aromatic carbocycles. The summed E-state index contributed by atoms with van der Waals surface area (Å²) in [6.07, 6.45) is 1.09. The number of hydrazine groups is 1. The molecule has 12 heteroatoms. The number of nitrogens with zero attached hydrogens (tertiary/aromatic N) is 3. The minimum atomic E-state index is -0.696. The van der Waals surface area contributed by atoms with Crippen LogP contribution in [0.25, 0.3) is 0 Å². The van der Waals surface area contributed by atoms with Crippen LogP contribution in [-0.2, 0) is 0 Å². The molecule has 3 N–H and O–H groups in total. The van der Waals surface area contributed by atoms with Crippen molar-refractivity contribution in [3.8, 4) is 0 Å². The summed E-state index contributed by atoms with van der Waals surface area (Å²) in [5, 5.41) is 15.3. The Morgan fingerprint density at radius 1 is 1.00 bits per heavy atom. The Balaban J connectivity index is 1.86. The van der Waals surface area contributed by atoms with Crippen molar-refractivity contribution in [2.75, 3.05) is 10.7 Å². The lowest BCUT2D eigenvalue weighted by atomic mass is 10.2. The Hall–Kier alpha value is -3.14. The van der Waals surface area contributed by atoms with Gasteiger partial charge >= 0.3 is 5.69 Å². The molecule has 0 radical (unpaired) electrons. The largest absolute Gasteiger partial charge is 0.355 e. The second-order valence-electron chi connectivity index (χ2n) is 5.52. The molecule has 0 aliphatic heterocycles. The third kappa shape index (κ3) is 5.02. The first-order valence-corrected chi connectivity index (χ1v) is 9.02. The zero-order valence-corrected chi connectivity index (χ0v) is 16.6. The van der Waals surface area contributed by atoms with Gasteiger partial charge in [0, 0.05) is 15.7 Å². The number of aromatic nitrogens is 2. The molecule has 1 aromatic heterocycles. The van der Waals surface area contributed by atoms with E-state index < -0.39 is 16.5 Å².